The molecule has 1 aliphatic carbocycles. The maximum Gasteiger partial charge on any atom is 0.262 e. The van der Waals surface area contributed by atoms with E-state index in [2.05, 4.69) is 5.32 Å². The number of nitrogens with one attached hydrogen (secondary N) is 1. The van der Waals surface area contributed by atoms with Crippen LogP contribution in [0.3, 0.4) is 0 Å². The van der Waals surface area contributed by atoms with Crippen LogP contribution in [0.5, 0.6) is 0 Å². The van der Waals surface area contributed by atoms with Gasteiger partial charge in [-0.25, -0.2) is 0 Å². The zero-order chi connectivity index (χ0) is 13.1. The highest BCUT2D eigenvalue weighted by molar-refractivity contribution is 7.13. The molecule has 0 spiro atoms. The van der Waals surface area contributed by atoms with Crippen molar-refractivity contribution in [3.63, 3.8) is 0 Å². The summed E-state index contributed by atoms with van der Waals surface area (Å²) >= 11 is 13.5. The fraction of sp³-hybridized carbons (Fsp3) is 0.615. The van der Waals surface area contributed by atoms with Crippen LogP contribution in [0.15, 0.2) is 5.38 Å². The van der Waals surface area contributed by atoms with Crippen LogP contribution in [-0.2, 0) is 0 Å². The Kier molecular flexibility index (Phi) is 4.93. The minimum absolute atomic E-state index is 0.0499. The Morgan fingerprint density at radius 3 is 2.67 bits per heavy atom. The number of carbonyl (C=O) groups is 1. The van der Waals surface area contributed by atoms with E-state index in [9.17, 15) is 4.79 Å². The standard InChI is InChI=1S/C13H17Cl2NOS/c1-8-7-18-12(11(8)15)13(17)16-6-9-2-4-10(14)5-3-9/h7,9-10H,2-6H2,1H3,(H,16,17). The lowest BCUT2D eigenvalue weighted by atomic mass is 9.89. The fourth-order valence-electron chi connectivity index (χ4n) is 2.23. The number of hydrogen-bond acceptors (Lipinski definition) is 2. The predicted octanol–water partition coefficient (Wildman–Crippen LogP) is 4.24. The average Bonchev–Trinajstić information content (AvgIpc) is 2.69. The summed E-state index contributed by atoms with van der Waals surface area (Å²) in [5, 5.41) is 5.80. The predicted molar refractivity (Wildman–Crippen MR) is 78.0 cm³/mol. The Labute approximate surface area is 122 Å². The van der Waals surface area contributed by atoms with Gasteiger partial charge in [0.1, 0.15) is 4.88 Å². The van der Waals surface area contributed by atoms with E-state index >= 15 is 0 Å². The van der Waals surface area contributed by atoms with Crippen molar-refractivity contribution < 1.29 is 4.79 Å². The van der Waals surface area contributed by atoms with Crippen molar-refractivity contribution in [3.05, 3.63) is 20.8 Å². The van der Waals surface area contributed by atoms with Crippen molar-refractivity contribution in [1.82, 2.24) is 5.32 Å². The van der Waals surface area contributed by atoms with Crippen LogP contribution in [0.4, 0.5) is 0 Å². The highest BCUT2D eigenvalue weighted by Crippen LogP contribution is 2.28. The zero-order valence-corrected chi connectivity index (χ0v) is 12.7. The molecule has 1 saturated carbocycles. The molecule has 1 fully saturated rings. The van der Waals surface area contributed by atoms with Gasteiger partial charge in [-0.1, -0.05) is 11.6 Å². The molecule has 2 rings (SSSR count). The monoisotopic (exact) mass is 305 g/mol. The summed E-state index contributed by atoms with van der Waals surface area (Å²) < 4.78 is 0. The molecule has 100 valence electrons. The minimum atomic E-state index is -0.0499. The first-order valence-corrected chi connectivity index (χ1v) is 7.93. The van der Waals surface area contributed by atoms with E-state index in [0.29, 0.717) is 21.2 Å². The summed E-state index contributed by atoms with van der Waals surface area (Å²) in [4.78, 5) is 12.6. The third-order valence-electron chi connectivity index (χ3n) is 3.43. The third-order valence-corrected chi connectivity index (χ3v) is 5.57. The summed E-state index contributed by atoms with van der Waals surface area (Å²) in [6, 6.07) is 0. The van der Waals surface area contributed by atoms with Gasteiger partial charge in [0.05, 0.1) is 5.02 Å². The number of alkyl halides is 1. The van der Waals surface area contributed by atoms with Gasteiger partial charge in [-0.2, -0.15) is 0 Å². The topological polar surface area (TPSA) is 29.1 Å². The molecule has 0 radical (unpaired) electrons. The molecule has 2 nitrogen and oxygen atoms in total. The lowest BCUT2D eigenvalue weighted by Crippen LogP contribution is -2.31. The second-order valence-corrected chi connectivity index (χ2v) is 6.76. The third kappa shape index (κ3) is 3.40. The number of halogens is 2. The Morgan fingerprint density at radius 2 is 2.11 bits per heavy atom. The van der Waals surface area contributed by atoms with Gasteiger partial charge in [-0.05, 0) is 49.5 Å². The maximum absolute atomic E-state index is 12.0. The lowest BCUT2D eigenvalue weighted by molar-refractivity contribution is 0.0948. The Bertz CT molecular complexity index is 425. The van der Waals surface area contributed by atoms with Crippen molar-refractivity contribution in [1.29, 1.82) is 0 Å². The van der Waals surface area contributed by atoms with Crippen LogP contribution in [0, 0.1) is 12.8 Å². The SMILES string of the molecule is Cc1csc(C(=O)NCC2CCC(Cl)CC2)c1Cl. The van der Waals surface area contributed by atoms with Crippen molar-refractivity contribution in [2.75, 3.05) is 6.54 Å². The number of hydrogen-bond donors (Lipinski definition) is 1. The molecule has 0 aromatic carbocycles. The van der Waals surface area contributed by atoms with E-state index < -0.39 is 0 Å². The van der Waals surface area contributed by atoms with E-state index in [1.165, 1.54) is 11.3 Å². The molecule has 0 atom stereocenters. The first kappa shape index (κ1) is 14.2. The van der Waals surface area contributed by atoms with Gasteiger partial charge in [0.25, 0.3) is 5.91 Å². The summed E-state index contributed by atoms with van der Waals surface area (Å²) in [5.41, 5.74) is 0.967. The van der Waals surface area contributed by atoms with Gasteiger partial charge in [0, 0.05) is 11.9 Å². The number of aryl methyl sites for hydroxylation is 1. The first-order chi connectivity index (χ1) is 8.58. The number of thiophene rings is 1. The van der Waals surface area contributed by atoms with Gasteiger partial charge in [0.2, 0.25) is 0 Å². The van der Waals surface area contributed by atoms with Crippen LogP contribution in [0.2, 0.25) is 5.02 Å². The highest BCUT2D eigenvalue weighted by atomic mass is 35.5. The normalized spacial score (nSPS) is 23.9. The largest absolute Gasteiger partial charge is 0.351 e. The van der Waals surface area contributed by atoms with Crippen LogP contribution < -0.4 is 5.32 Å². The second kappa shape index (κ2) is 6.27. The molecule has 0 aliphatic heterocycles. The Hall–Kier alpha value is -0.250. The molecule has 1 N–H and O–H groups in total. The van der Waals surface area contributed by atoms with Crippen LogP contribution in [0.25, 0.3) is 0 Å². The first-order valence-electron chi connectivity index (χ1n) is 6.23. The van der Waals surface area contributed by atoms with Crippen molar-refractivity contribution in [2.45, 2.75) is 38.0 Å². The molecular weight excluding hydrogens is 289 g/mol. The van der Waals surface area contributed by atoms with E-state index in [1.807, 2.05) is 12.3 Å². The van der Waals surface area contributed by atoms with E-state index in [0.717, 1.165) is 37.8 Å². The highest BCUT2D eigenvalue weighted by Gasteiger charge is 2.21. The van der Waals surface area contributed by atoms with Gasteiger partial charge in [0.15, 0.2) is 0 Å². The molecule has 1 aromatic heterocycles. The average molecular weight is 306 g/mol. The van der Waals surface area contributed by atoms with E-state index in [-0.39, 0.29) is 5.91 Å². The fourth-order valence-corrected chi connectivity index (χ4v) is 3.67. The molecule has 0 bridgehead atoms. The molecule has 18 heavy (non-hydrogen) atoms. The van der Waals surface area contributed by atoms with E-state index in [1.54, 1.807) is 0 Å². The van der Waals surface area contributed by atoms with Crippen molar-refractivity contribution in [3.8, 4) is 0 Å². The minimum Gasteiger partial charge on any atom is -0.351 e. The van der Waals surface area contributed by atoms with Gasteiger partial charge in [-0.15, -0.1) is 22.9 Å². The summed E-state index contributed by atoms with van der Waals surface area (Å²) in [6.07, 6.45) is 4.32. The van der Waals surface area contributed by atoms with Gasteiger partial charge in [-0.3, -0.25) is 4.79 Å². The second-order valence-electron chi connectivity index (χ2n) is 4.89. The molecule has 1 amide bonds. The number of amides is 1. The lowest BCUT2D eigenvalue weighted by Gasteiger charge is -2.24. The summed E-state index contributed by atoms with van der Waals surface area (Å²) in [5.74, 6) is 0.509. The molecule has 1 heterocycles. The molecule has 0 unspecified atom stereocenters. The molecule has 5 heteroatoms. The molecule has 1 aromatic rings. The van der Waals surface area contributed by atoms with Gasteiger partial charge >= 0.3 is 0 Å². The van der Waals surface area contributed by atoms with Gasteiger partial charge < -0.3 is 5.32 Å². The molecule has 0 saturated heterocycles. The smallest absolute Gasteiger partial charge is 0.262 e. The Balaban J connectivity index is 1.83. The summed E-state index contributed by atoms with van der Waals surface area (Å²) in [7, 11) is 0. The molecular formula is C13H17Cl2NOS. The van der Waals surface area contributed by atoms with Crippen LogP contribution in [-0.4, -0.2) is 17.8 Å². The van der Waals surface area contributed by atoms with Crippen molar-refractivity contribution in [2.24, 2.45) is 5.92 Å². The van der Waals surface area contributed by atoms with E-state index in [4.69, 9.17) is 23.2 Å². The Morgan fingerprint density at radius 1 is 1.44 bits per heavy atom. The van der Waals surface area contributed by atoms with Crippen molar-refractivity contribution >= 4 is 40.4 Å². The maximum atomic E-state index is 12.0. The van der Waals surface area contributed by atoms with Crippen LogP contribution in [0.1, 0.15) is 40.9 Å². The molecule has 1 aliphatic rings. The zero-order valence-electron chi connectivity index (χ0n) is 10.3. The number of carbonyl (C=O) groups excluding carboxylic acids is 1. The van der Waals surface area contributed by atoms with Crippen LogP contribution >= 0.6 is 34.5 Å². The quantitative estimate of drug-likeness (QED) is 0.832. The number of rotatable bonds is 3. The summed E-state index contributed by atoms with van der Waals surface area (Å²) in [6.45, 7) is 2.65.